The molecular weight excluding hydrogens is 200 g/mol. The summed E-state index contributed by atoms with van der Waals surface area (Å²) in [6, 6.07) is 0. The first kappa shape index (κ1) is 15.7. The summed E-state index contributed by atoms with van der Waals surface area (Å²) in [5.74, 6) is -1.59. The third-order valence-corrected chi connectivity index (χ3v) is 1.01. The fourth-order valence-corrected chi connectivity index (χ4v) is 0.416. The van der Waals surface area contributed by atoms with Gasteiger partial charge < -0.3 is 14.6 Å². The maximum absolute atomic E-state index is 10.3. The zero-order chi connectivity index (χ0) is 12.1. The first-order chi connectivity index (χ1) is 7.08. The standard InChI is InChI=1S/C6H8O4.C4H8O/c1-2-6(9)10-4-3-5(7)8;1-3-5-4-2/h2H,1,3-4H2,(H,7,8);3H,1,4H2,2H3. The Hall–Kier alpha value is -1.78. The highest BCUT2D eigenvalue weighted by Crippen LogP contribution is 1.83. The van der Waals surface area contributed by atoms with Crippen molar-refractivity contribution in [1.29, 1.82) is 0 Å². The molecule has 0 bridgehead atoms. The van der Waals surface area contributed by atoms with Gasteiger partial charge in [0.2, 0.25) is 0 Å². The van der Waals surface area contributed by atoms with Crippen LogP contribution in [0.3, 0.4) is 0 Å². The van der Waals surface area contributed by atoms with Crippen LogP contribution in [0.1, 0.15) is 13.3 Å². The molecule has 0 aromatic carbocycles. The summed E-state index contributed by atoms with van der Waals surface area (Å²) in [5, 5.41) is 8.08. The molecule has 0 fully saturated rings. The number of carboxylic acids is 1. The molecule has 0 aliphatic carbocycles. The van der Waals surface area contributed by atoms with E-state index in [9.17, 15) is 9.59 Å². The normalized spacial score (nSPS) is 7.80. The molecule has 0 rings (SSSR count). The van der Waals surface area contributed by atoms with Gasteiger partial charge in [0, 0.05) is 6.08 Å². The molecule has 0 spiro atoms. The van der Waals surface area contributed by atoms with Crippen molar-refractivity contribution in [3.05, 3.63) is 25.5 Å². The van der Waals surface area contributed by atoms with E-state index in [2.05, 4.69) is 22.6 Å². The summed E-state index contributed by atoms with van der Waals surface area (Å²) in [6.45, 7) is 9.01. The zero-order valence-electron chi connectivity index (χ0n) is 8.77. The van der Waals surface area contributed by atoms with E-state index >= 15 is 0 Å². The second kappa shape index (κ2) is 12.2. The van der Waals surface area contributed by atoms with Crippen molar-refractivity contribution >= 4 is 11.9 Å². The lowest BCUT2D eigenvalue weighted by Crippen LogP contribution is -2.06. The van der Waals surface area contributed by atoms with Crippen molar-refractivity contribution in [3.8, 4) is 0 Å². The van der Waals surface area contributed by atoms with Gasteiger partial charge in [0.1, 0.15) is 6.61 Å². The fourth-order valence-electron chi connectivity index (χ4n) is 0.416. The van der Waals surface area contributed by atoms with Crippen LogP contribution in [0.2, 0.25) is 0 Å². The van der Waals surface area contributed by atoms with E-state index in [1.54, 1.807) is 0 Å². The van der Waals surface area contributed by atoms with E-state index in [0.29, 0.717) is 0 Å². The molecule has 0 heterocycles. The minimum atomic E-state index is -0.989. The van der Waals surface area contributed by atoms with Gasteiger partial charge in [0.05, 0.1) is 19.3 Å². The number of rotatable bonds is 6. The second-order valence-corrected chi connectivity index (χ2v) is 2.14. The van der Waals surface area contributed by atoms with Crippen LogP contribution in [0.15, 0.2) is 25.5 Å². The summed E-state index contributed by atoms with van der Waals surface area (Å²) in [6.07, 6.45) is 2.25. The predicted octanol–water partition coefficient (Wildman–Crippen LogP) is 1.36. The number of hydrogen-bond donors (Lipinski definition) is 1. The zero-order valence-corrected chi connectivity index (χ0v) is 8.77. The molecule has 0 saturated carbocycles. The molecule has 86 valence electrons. The van der Waals surface area contributed by atoms with Crippen LogP contribution in [-0.4, -0.2) is 30.3 Å². The number of aliphatic carboxylic acids is 1. The van der Waals surface area contributed by atoms with E-state index in [0.717, 1.165) is 12.7 Å². The quantitative estimate of drug-likeness (QED) is 0.412. The minimum Gasteiger partial charge on any atom is -0.502 e. The van der Waals surface area contributed by atoms with Crippen LogP contribution in [0.4, 0.5) is 0 Å². The molecule has 0 aromatic rings. The average molecular weight is 216 g/mol. The summed E-state index contributed by atoms with van der Waals surface area (Å²) in [5.41, 5.74) is 0. The van der Waals surface area contributed by atoms with Crippen molar-refractivity contribution in [2.45, 2.75) is 13.3 Å². The van der Waals surface area contributed by atoms with Gasteiger partial charge >= 0.3 is 11.9 Å². The molecule has 0 atom stereocenters. The average Bonchev–Trinajstić information content (AvgIpc) is 2.19. The Morgan fingerprint density at radius 1 is 1.40 bits per heavy atom. The number of hydrogen-bond acceptors (Lipinski definition) is 4. The van der Waals surface area contributed by atoms with Gasteiger partial charge in [-0.05, 0) is 6.92 Å². The number of esters is 1. The summed E-state index contributed by atoms with van der Waals surface area (Å²) in [4.78, 5) is 20.1. The first-order valence-corrected chi connectivity index (χ1v) is 4.31. The van der Waals surface area contributed by atoms with Crippen molar-refractivity contribution in [2.75, 3.05) is 13.2 Å². The van der Waals surface area contributed by atoms with Gasteiger partial charge in [-0.25, -0.2) is 4.79 Å². The van der Waals surface area contributed by atoms with Crippen LogP contribution in [0.25, 0.3) is 0 Å². The maximum Gasteiger partial charge on any atom is 0.330 e. The Morgan fingerprint density at radius 3 is 2.27 bits per heavy atom. The third kappa shape index (κ3) is 18.9. The van der Waals surface area contributed by atoms with Crippen LogP contribution < -0.4 is 0 Å². The third-order valence-electron chi connectivity index (χ3n) is 1.01. The van der Waals surface area contributed by atoms with Gasteiger partial charge in [-0.3, -0.25) is 4.79 Å². The maximum atomic E-state index is 10.3. The molecule has 0 radical (unpaired) electrons. The van der Waals surface area contributed by atoms with Crippen LogP contribution in [0.5, 0.6) is 0 Å². The number of carboxylic acid groups (broad SMARTS) is 1. The van der Waals surface area contributed by atoms with Gasteiger partial charge in [-0.1, -0.05) is 13.2 Å². The van der Waals surface area contributed by atoms with Crippen molar-refractivity contribution in [1.82, 2.24) is 0 Å². The highest BCUT2D eigenvalue weighted by molar-refractivity contribution is 5.81. The van der Waals surface area contributed by atoms with E-state index in [4.69, 9.17) is 5.11 Å². The molecule has 1 N–H and O–H groups in total. The molecular formula is C10H16O5. The lowest BCUT2D eigenvalue weighted by Gasteiger charge is -1.96. The molecule has 0 aromatic heterocycles. The number of carbonyl (C=O) groups excluding carboxylic acids is 1. The van der Waals surface area contributed by atoms with Crippen molar-refractivity contribution < 1.29 is 24.2 Å². The lowest BCUT2D eigenvalue weighted by molar-refractivity contribution is -0.142. The fraction of sp³-hybridized carbons (Fsp3) is 0.400. The van der Waals surface area contributed by atoms with E-state index < -0.39 is 11.9 Å². The monoisotopic (exact) mass is 216 g/mol. The Balaban J connectivity index is 0. The molecule has 5 nitrogen and oxygen atoms in total. The SMILES string of the molecule is C=CC(=O)OCCC(=O)O.C=COCC. The van der Waals surface area contributed by atoms with Gasteiger partial charge in [0.25, 0.3) is 0 Å². The second-order valence-electron chi connectivity index (χ2n) is 2.14. The minimum absolute atomic E-state index is 0.0970. The van der Waals surface area contributed by atoms with Gasteiger partial charge in [0.15, 0.2) is 0 Å². The highest BCUT2D eigenvalue weighted by atomic mass is 16.5. The highest BCUT2D eigenvalue weighted by Gasteiger charge is 1.98. The number of ether oxygens (including phenoxy) is 2. The molecule has 15 heavy (non-hydrogen) atoms. The van der Waals surface area contributed by atoms with Gasteiger partial charge in [-0.2, -0.15) is 0 Å². The summed E-state index contributed by atoms with van der Waals surface area (Å²) in [7, 11) is 0. The number of carbonyl (C=O) groups is 2. The topological polar surface area (TPSA) is 72.8 Å². The van der Waals surface area contributed by atoms with Gasteiger partial charge in [-0.15, -0.1) is 0 Å². The molecule has 0 aliphatic rings. The smallest absolute Gasteiger partial charge is 0.330 e. The predicted molar refractivity (Wildman–Crippen MR) is 55.2 cm³/mol. The molecule has 0 amide bonds. The Morgan fingerprint density at radius 2 is 2.00 bits per heavy atom. The Kier molecular flexibility index (Phi) is 12.8. The lowest BCUT2D eigenvalue weighted by atomic mass is 10.5. The molecule has 0 saturated heterocycles. The molecule has 0 aliphatic heterocycles. The summed E-state index contributed by atoms with van der Waals surface area (Å²) >= 11 is 0. The Labute approximate surface area is 89.0 Å². The van der Waals surface area contributed by atoms with Crippen molar-refractivity contribution in [2.24, 2.45) is 0 Å². The molecule has 5 heteroatoms. The van der Waals surface area contributed by atoms with Crippen LogP contribution >= 0.6 is 0 Å². The van der Waals surface area contributed by atoms with E-state index in [1.807, 2.05) is 6.92 Å². The van der Waals surface area contributed by atoms with E-state index in [1.165, 1.54) is 6.26 Å². The Bertz CT molecular complexity index is 210. The van der Waals surface area contributed by atoms with Crippen LogP contribution in [-0.2, 0) is 19.1 Å². The van der Waals surface area contributed by atoms with Crippen LogP contribution in [0, 0.1) is 0 Å². The van der Waals surface area contributed by atoms with Crippen molar-refractivity contribution in [3.63, 3.8) is 0 Å². The largest absolute Gasteiger partial charge is 0.502 e. The van der Waals surface area contributed by atoms with E-state index in [-0.39, 0.29) is 13.0 Å². The first-order valence-electron chi connectivity index (χ1n) is 4.31. The molecule has 0 unspecified atom stereocenters. The summed E-state index contributed by atoms with van der Waals surface area (Å²) < 4.78 is 8.96.